The zero-order valence-electron chi connectivity index (χ0n) is 15.0. The molecule has 0 saturated heterocycles. The van der Waals surface area contributed by atoms with E-state index in [1.165, 1.54) is 24.3 Å². The zero-order chi connectivity index (χ0) is 19.8. The molecule has 0 aliphatic rings. The minimum Gasteiger partial charge on any atom is -0.340 e. The first-order valence-corrected chi connectivity index (χ1v) is 8.76. The van der Waals surface area contributed by atoms with Crippen molar-refractivity contribution in [2.24, 2.45) is 5.92 Å². The van der Waals surface area contributed by atoms with Crippen LogP contribution >= 0.6 is 12.2 Å². The molecule has 0 fully saturated rings. The number of para-hydroxylation sites is 1. The molecule has 0 saturated carbocycles. The van der Waals surface area contributed by atoms with E-state index in [0.717, 1.165) is 5.69 Å². The van der Waals surface area contributed by atoms with Gasteiger partial charge in [-0.3, -0.25) is 20.4 Å². The summed E-state index contributed by atoms with van der Waals surface area (Å²) in [5, 5.41) is 5.78. The van der Waals surface area contributed by atoms with E-state index in [1.807, 2.05) is 30.3 Å². The molecule has 4 N–H and O–H groups in total. The van der Waals surface area contributed by atoms with Gasteiger partial charge in [0, 0.05) is 11.3 Å². The van der Waals surface area contributed by atoms with Gasteiger partial charge in [0.05, 0.1) is 0 Å². The van der Waals surface area contributed by atoms with Crippen molar-refractivity contribution in [3.63, 3.8) is 0 Å². The number of thiocarbonyl (C=S) groups is 1. The normalized spacial score (nSPS) is 11.4. The van der Waals surface area contributed by atoms with Crippen LogP contribution in [0, 0.1) is 11.7 Å². The van der Waals surface area contributed by atoms with Crippen LogP contribution in [0.5, 0.6) is 0 Å². The standard InChI is InChI=1S/C19H21FN4O2S/c1-12(2)16(22-17(25)13-8-10-14(20)11-9-13)18(26)23-24-19(27)21-15-6-4-3-5-7-15/h3-12,16H,1-2H3,(H,22,25)(H,23,26)(H2,21,24,27). The third-order valence-corrected chi connectivity index (χ3v) is 3.88. The van der Waals surface area contributed by atoms with Crippen LogP contribution in [0.3, 0.4) is 0 Å². The number of carbonyl (C=O) groups is 2. The second kappa shape index (κ2) is 9.63. The summed E-state index contributed by atoms with van der Waals surface area (Å²) in [5.41, 5.74) is 6.13. The average molecular weight is 388 g/mol. The summed E-state index contributed by atoms with van der Waals surface area (Å²) in [4.78, 5) is 24.7. The Morgan fingerprint density at radius 3 is 2.19 bits per heavy atom. The summed E-state index contributed by atoms with van der Waals surface area (Å²) < 4.78 is 13.0. The number of anilines is 1. The first-order valence-electron chi connectivity index (χ1n) is 8.35. The molecule has 1 atom stereocenters. The fourth-order valence-electron chi connectivity index (χ4n) is 2.24. The van der Waals surface area contributed by atoms with Crippen molar-refractivity contribution < 1.29 is 14.0 Å². The van der Waals surface area contributed by atoms with E-state index in [0.29, 0.717) is 0 Å². The van der Waals surface area contributed by atoms with E-state index >= 15 is 0 Å². The van der Waals surface area contributed by atoms with Gasteiger partial charge < -0.3 is 10.6 Å². The number of carbonyl (C=O) groups excluding carboxylic acids is 2. The third kappa shape index (κ3) is 6.34. The summed E-state index contributed by atoms with van der Waals surface area (Å²) >= 11 is 5.12. The van der Waals surface area contributed by atoms with Gasteiger partial charge in [-0.25, -0.2) is 4.39 Å². The lowest BCUT2D eigenvalue weighted by Crippen LogP contribution is -2.54. The maximum absolute atomic E-state index is 13.0. The van der Waals surface area contributed by atoms with Crippen molar-refractivity contribution in [1.82, 2.24) is 16.2 Å². The minimum atomic E-state index is -0.797. The Morgan fingerprint density at radius 1 is 0.963 bits per heavy atom. The molecule has 0 spiro atoms. The number of rotatable bonds is 5. The van der Waals surface area contributed by atoms with Gasteiger partial charge in [-0.2, -0.15) is 0 Å². The first-order chi connectivity index (χ1) is 12.9. The van der Waals surface area contributed by atoms with Gasteiger partial charge in [0.2, 0.25) is 0 Å². The largest absolute Gasteiger partial charge is 0.340 e. The predicted octanol–water partition coefficient (Wildman–Crippen LogP) is 2.60. The van der Waals surface area contributed by atoms with Gasteiger partial charge in [-0.1, -0.05) is 32.0 Å². The third-order valence-electron chi connectivity index (χ3n) is 3.67. The van der Waals surface area contributed by atoms with Crippen LogP contribution in [-0.2, 0) is 4.79 Å². The Balaban J connectivity index is 1.91. The zero-order valence-corrected chi connectivity index (χ0v) is 15.8. The van der Waals surface area contributed by atoms with Gasteiger partial charge >= 0.3 is 0 Å². The SMILES string of the molecule is CC(C)C(NC(=O)c1ccc(F)cc1)C(=O)NNC(=S)Nc1ccccc1. The van der Waals surface area contributed by atoms with Crippen LogP contribution in [0.25, 0.3) is 0 Å². The highest BCUT2D eigenvalue weighted by molar-refractivity contribution is 7.80. The van der Waals surface area contributed by atoms with Crippen molar-refractivity contribution in [3.05, 3.63) is 66.0 Å². The Kier molecular flexibility index (Phi) is 7.25. The van der Waals surface area contributed by atoms with Gasteiger partial charge in [0.1, 0.15) is 11.9 Å². The van der Waals surface area contributed by atoms with Crippen LogP contribution in [0.1, 0.15) is 24.2 Å². The minimum absolute atomic E-state index is 0.174. The van der Waals surface area contributed by atoms with Crippen LogP contribution in [0.2, 0.25) is 0 Å². The summed E-state index contributed by atoms with van der Waals surface area (Å²) in [5.74, 6) is -1.52. The van der Waals surface area contributed by atoms with Crippen molar-refractivity contribution in [2.75, 3.05) is 5.32 Å². The quantitative estimate of drug-likeness (QED) is 0.468. The number of amides is 2. The van der Waals surface area contributed by atoms with E-state index < -0.39 is 23.7 Å². The molecule has 1 unspecified atom stereocenters. The molecule has 6 nitrogen and oxygen atoms in total. The molecule has 0 heterocycles. The van der Waals surface area contributed by atoms with E-state index in [1.54, 1.807) is 13.8 Å². The predicted molar refractivity (Wildman–Crippen MR) is 106 cm³/mol. The van der Waals surface area contributed by atoms with E-state index in [9.17, 15) is 14.0 Å². The van der Waals surface area contributed by atoms with Crippen molar-refractivity contribution in [1.29, 1.82) is 0 Å². The maximum atomic E-state index is 13.0. The molecule has 2 aromatic rings. The van der Waals surface area contributed by atoms with Gasteiger partial charge in [0.15, 0.2) is 5.11 Å². The topological polar surface area (TPSA) is 82.3 Å². The first kappa shape index (κ1) is 20.3. The highest BCUT2D eigenvalue weighted by Gasteiger charge is 2.24. The Labute approximate surface area is 162 Å². The lowest BCUT2D eigenvalue weighted by atomic mass is 10.0. The molecule has 2 amide bonds. The molecular formula is C19H21FN4O2S. The molecule has 142 valence electrons. The van der Waals surface area contributed by atoms with E-state index in [2.05, 4.69) is 21.5 Å². The molecular weight excluding hydrogens is 367 g/mol. The van der Waals surface area contributed by atoms with Crippen molar-refractivity contribution >= 4 is 34.8 Å². The molecule has 2 aromatic carbocycles. The monoisotopic (exact) mass is 388 g/mol. The summed E-state index contributed by atoms with van der Waals surface area (Å²) in [6.45, 7) is 3.60. The second-order valence-electron chi connectivity index (χ2n) is 6.14. The summed E-state index contributed by atoms with van der Waals surface area (Å²) in [6, 6.07) is 13.5. The Bertz CT molecular complexity index is 797. The average Bonchev–Trinajstić information content (AvgIpc) is 2.65. The van der Waals surface area contributed by atoms with Gasteiger partial charge in [-0.15, -0.1) is 0 Å². The number of benzene rings is 2. The Hall–Kier alpha value is -3.00. The van der Waals surface area contributed by atoms with Gasteiger partial charge in [0.25, 0.3) is 11.8 Å². The summed E-state index contributed by atoms with van der Waals surface area (Å²) in [7, 11) is 0. The number of halogens is 1. The van der Waals surface area contributed by atoms with Crippen molar-refractivity contribution in [2.45, 2.75) is 19.9 Å². The molecule has 0 aliphatic carbocycles. The number of nitrogens with one attached hydrogen (secondary N) is 4. The Morgan fingerprint density at radius 2 is 1.59 bits per heavy atom. The van der Waals surface area contributed by atoms with Crippen LogP contribution < -0.4 is 21.5 Å². The molecule has 2 rings (SSSR count). The molecule has 0 aliphatic heterocycles. The van der Waals surface area contributed by atoms with Crippen LogP contribution in [0.15, 0.2) is 54.6 Å². The lowest BCUT2D eigenvalue weighted by molar-refractivity contribution is -0.124. The number of hydrazine groups is 1. The lowest BCUT2D eigenvalue weighted by Gasteiger charge is -2.22. The molecule has 0 radical (unpaired) electrons. The second-order valence-corrected chi connectivity index (χ2v) is 6.54. The molecule has 27 heavy (non-hydrogen) atoms. The molecule has 0 bridgehead atoms. The van der Waals surface area contributed by atoms with E-state index in [-0.39, 0.29) is 16.6 Å². The molecule has 0 aromatic heterocycles. The fraction of sp³-hybridized carbons (Fsp3) is 0.211. The van der Waals surface area contributed by atoms with Crippen molar-refractivity contribution in [3.8, 4) is 0 Å². The fourth-order valence-corrected chi connectivity index (χ4v) is 2.41. The summed E-state index contributed by atoms with van der Waals surface area (Å²) in [6.07, 6.45) is 0. The molecule has 8 heteroatoms. The van der Waals surface area contributed by atoms with Crippen LogP contribution in [-0.4, -0.2) is 23.0 Å². The van der Waals surface area contributed by atoms with Gasteiger partial charge in [-0.05, 0) is 54.5 Å². The smallest absolute Gasteiger partial charge is 0.261 e. The van der Waals surface area contributed by atoms with E-state index in [4.69, 9.17) is 12.2 Å². The highest BCUT2D eigenvalue weighted by Crippen LogP contribution is 2.07. The van der Waals surface area contributed by atoms with Crippen LogP contribution in [0.4, 0.5) is 10.1 Å². The highest BCUT2D eigenvalue weighted by atomic mass is 32.1. The number of hydrogen-bond donors (Lipinski definition) is 4. The maximum Gasteiger partial charge on any atom is 0.261 e. The number of hydrogen-bond acceptors (Lipinski definition) is 3.